The number of nitrogens with zero attached hydrogens (tertiary/aromatic N) is 1. The van der Waals surface area contributed by atoms with Crippen LogP contribution in [0, 0.1) is 6.92 Å². The Morgan fingerprint density at radius 2 is 2.10 bits per heavy atom. The monoisotopic (exact) mass is 276 g/mol. The third-order valence-electron chi connectivity index (χ3n) is 4.36. The lowest BCUT2D eigenvalue weighted by atomic mass is 10.0. The van der Waals surface area contributed by atoms with Gasteiger partial charge in [-0.05, 0) is 45.3 Å². The van der Waals surface area contributed by atoms with Crippen LogP contribution in [0.4, 0.5) is 0 Å². The van der Waals surface area contributed by atoms with Gasteiger partial charge in [0.2, 0.25) is 0 Å². The van der Waals surface area contributed by atoms with E-state index in [9.17, 15) is 0 Å². The van der Waals surface area contributed by atoms with Crippen molar-refractivity contribution in [2.75, 3.05) is 33.8 Å². The quantitative estimate of drug-likeness (QED) is 0.864. The van der Waals surface area contributed by atoms with Crippen molar-refractivity contribution in [3.8, 4) is 0 Å². The molecule has 0 radical (unpaired) electrons. The molecule has 1 saturated heterocycles. The fourth-order valence-corrected chi connectivity index (χ4v) is 3.00. The van der Waals surface area contributed by atoms with Crippen LogP contribution in [0.1, 0.15) is 36.4 Å². The van der Waals surface area contributed by atoms with Crippen LogP contribution in [-0.4, -0.2) is 44.8 Å². The van der Waals surface area contributed by atoms with Gasteiger partial charge in [0.05, 0.1) is 6.10 Å². The van der Waals surface area contributed by atoms with Crippen molar-refractivity contribution in [3.63, 3.8) is 0 Å². The Hall–Kier alpha value is -0.900. The molecule has 112 valence electrons. The van der Waals surface area contributed by atoms with Crippen molar-refractivity contribution >= 4 is 0 Å². The zero-order valence-corrected chi connectivity index (χ0v) is 13.1. The number of rotatable bonds is 6. The highest BCUT2D eigenvalue weighted by atomic mass is 16.5. The number of likely N-dealkylation sites (tertiary alicyclic amines) is 1. The van der Waals surface area contributed by atoms with Gasteiger partial charge in [-0.1, -0.05) is 29.8 Å². The van der Waals surface area contributed by atoms with Crippen LogP contribution in [0.15, 0.2) is 24.3 Å². The number of piperidine rings is 1. The number of ether oxygens (including phenoxy) is 1. The Balaban J connectivity index is 1.85. The lowest BCUT2D eigenvalue weighted by Crippen LogP contribution is -2.40. The van der Waals surface area contributed by atoms with E-state index in [0.717, 1.165) is 19.5 Å². The van der Waals surface area contributed by atoms with Crippen molar-refractivity contribution in [1.29, 1.82) is 0 Å². The van der Waals surface area contributed by atoms with E-state index >= 15 is 0 Å². The van der Waals surface area contributed by atoms with Crippen molar-refractivity contribution in [1.82, 2.24) is 10.2 Å². The average Bonchev–Trinajstić information content (AvgIpc) is 2.50. The molecule has 2 rings (SSSR count). The van der Waals surface area contributed by atoms with Gasteiger partial charge in [-0.2, -0.15) is 0 Å². The molecule has 0 aliphatic carbocycles. The molecule has 1 aromatic carbocycles. The van der Waals surface area contributed by atoms with Gasteiger partial charge in [-0.15, -0.1) is 0 Å². The zero-order valence-electron chi connectivity index (χ0n) is 13.1. The summed E-state index contributed by atoms with van der Waals surface area (Å²) in [6.45, 7) is 5.57. The summed E-state index contributed by atoms with van der Waals surface area (Å²) in [5.41, 5.74) is 2.71. The molecule has 0 amide bonds. The summed E-state index contributed by atoms with van der Waals surface area (Å²) in [5, 5.41) is 3.44. The van der Waals surface area contributed by atoms with Gasteiger partial charge in [0, 0.05) is 26.2 Å². The Kier molecular flexibility index (Phi) is 6.02. The highest BCUT2D eigenvalue weighted by Crippen LogP contribution is 2.19. The maximum atomic E-state index is 5.50. The second-order valence-corrected chi connectivity index (χ2v) is 5.84. The molecule has 2 unspecified atom stereocenters. The van der Waals surface area contributed by atoms with E-state index in [1.54, 1.807) is 0 Å². The molecule has 0 aromatic heterocycles. The summed E-state index contributed by atoms with van der Waals surface area (Å²) in [4.78, 5) is 2.54. The highest BCUT2D eigenvalue weighted by molar-refractivity contribution is 5.24. The van der Waals surface area contributed by atoms with E-state index in [2.05, 4.69) is 48.5 Å². The number of aryl methyl sites for hydroxylation is 1. The summed E-state index contributed by atoms with van der Waals surface area (Å²) in [7, 11) is 3.88. The van der Waals surface area contributed by atoms with Crippen molar-refractivity contribution in [2.45, 2.75) is 38.3 Å². The standard InChI is InChI=1S/C17H28N2O/c1-14-6-8-15(9-7-14)17(18-2)10-12-19-11-4-5-16(13-19)20-3/h6-9,16-18H,4-5,10-13H2,1-3H3. The summed E-state index contributed by atoms with van der Waals surface area (Å²) < 4.78 is 5.50. The topological polar surface area (TPSA) is 24.5 Å². The largest absolute Gasteiger partial charge is 0.380 e. The minimum atomic E-state index is 0.427. The maximum absolute atomic E-state index is 5.50. The molecule has 1 aromatic rings. The van der Waals surface area contributed by atoms with Crippen LogP contribution in [0.25, 0.3) is 0 Å². The second-order valence-electron chi connectivity index (χ2n) is 5.84. The van der Waals surface area contributed by atoms with Crippen LogP contribution in [0.3, 0.4) is 0 Å². The Labute approximate surface area is 123 Å². The van der Waals surface area contributed by atoms with Crippen LogP contribution in [0.5, 0.6) is 0 Å². The number of hydrogen-bond acceptors (Lipinski definition) is 3. The molecular formula is C17H28N2O. The SMILES string of the molecule is CNC(CCN1CCCC(OC)C1)c1ccc(C)cc1. The summed E-state index contributed by atoms with van der Waals surface area (Å²) in [6.07, 6.45) is 4.04. The predicted molar refractivity (Wildman–Crippen MR) is 84.1 cm³/mol. The Morgan fingerprint density at radius 1 is 1.35 bits per heavy atom. The fraction of sp³-hybridized carbons (Fsp3) is 0.647. The molecule has 1 aliphatic heterocycles. The van der Waals surface area contributed by atoms with E-state index in [0.29, 0.717) is 12.1 Å². The second kappa shape index (κ2) is 7.77. The predicted octanol–water partition coefficient (Wildman–Crippen LogP) is 2.76. The molecule has 0 saturated carbocycles. The van der Waals surface area contributed by atoms with Crippen LogP contribution in [0.2, 0.25) is 0 Å². The molecule has 1 aliphatic rings. The van der Waals surface area contributed by atoms with Crippen molar-refractivity contribution in [2.24, 2.45) is 0 Å². The normalized spacial score (nSPS) is 21.9. The minimum absolute atomic E-state index is 0.427. The lowest BCUT2D eigenvalue weighted by Gasteiger charge is -2.32. The van der Waals surface area contributed by atoms with Gasteiger partial charge in [-0.25, -0.2) is 0 Å². The summed E-state index contributed by atoms with van der Waals surface area (Å²) >= 11 is 0. The van der Waals surface area contributed by atoms with Gasteiger partial charge in [0.1, 0.15) is 0 Å². The van der Waals surface area contributed by atoms with Gasteiger partial charge in [-0.3, -0.25) is 0 Å². The number of hydrogen-bond donors (Lipinski definition) is 1. The smallest absolute Gasteiger partial charge is 0.0698 e. The fourth-order valence-electron chi connectivity index (χ4n) is 3.00. The molecule has 0 spiro atoms. The Morgan fingerprint density at radius 3 is 2.75 bits per heavy atom. The van der Waals surface area contributed by atoms with E-state index < -0.39 is 0 Å². The van der Waals surface area contributed by atoms with Crippen molar-refractivity contribution in [3.05, 3.63) is 35.4 Å². The molecule has 2 atom stereocenters. The number of methoxy groups -OCH3 is 1. The first-order valence-corrected chi connectivity index (χ1v) is 7.72. The Bertz CT molecular complexity index is 390. The van der Waals surface area contributed by atoms with Gasteiger partial charge >= 0.3 is 0 Å². The molecule has 3 nitrogen and oxygen atoms in total. The van der Waals surface area contributed by atoms with Gasteiger partial charge in [0.15, 0.2) is 0 Å². The van der Waals surface area contributed by atoms with Gasteiger partial charge < -0.3 is 15.0 Å². The van der Waals surface area contributed by atoms with E-state index in [1.807, 2.05) is 7.11 Å². The molecule has 1 N–H and O–H groups in total. The number of nitrogens with one attached hydrogen (secondary N) is 1. The van der Waals surface area contributed by atoms with Gasteiger partial charge in [0.25, 0.3) is 0 Å². The van der Waals surface area contributed by atoms with Crippen LogP contribution < -0.4 is 5.32 Å². The molecule has 1 heterocycles. The highest BCUT2D eigenvalue weighted by Gasteiger charge is 2.20. The van der Waals surface area contributed by atoms with Crippen LogP contribution in [-0.2, 0) is 4.74 Å². The van der Waals surface area contributed by atoms with Crippen molar-refractivity contribution < 1.29 is 4.74 Å². The first-order valence-electron chi connectivity index (χ1n) is 7.72. The third kappa shape index (κ3) is 4.30. The van der Waals surface area contributed by atoms with E-state index in [-0.39, 0.29) is 0 Å². The van der Waals surface area contributed by atoms with E-state index in [4.69, 9.17) is 4.74 Å². The first kappa shape index (κ1) is 15.5. The first-order chi connectivity index (χ1) is 9.72. The molecule has 3 heteroatoms. The molecule has 1 fully saturated rings. The zero-order chi connectivity index (χ0) is 14.4. The van der Waals surface area contributed by atoms with Crippen LogP contribution >= 0.6 is 0 Å². The third-order valence-corrected chi connectivity index (χ3v) is 4.36. The molecule has 0 bridgehead atoms. The average molecular weight is 276 g/mol. The minimum Gasteiger partial charge on any atom is -0.380 e. The molecular weight excluding hydrogens is 248 g/mol. The maximum Gasteiger partial charge on any atom is 0.0698 e. The van der Waals surface area contributed by atoms with E-state index in [1.165, 1.54) is 30.5 Å². The lowest BCUT2D eigenvalue weighted by molar-refractivity contribution is 0.0302. The summed E-state index contributed by atoms with van der Waals surface area (Å²) in [5.74, 6) is 0. The number of benzene rings is 1. The molecule has 20 heavy (non-hydrogen) atoms. The summed E-state index contributed by atoms with van der Waals surface area (Å²) in [6, 6.07) is 9.32.